The van der Waals surface area contributed by atoms with Crippen molar-refractivity contribution >= 4 is 89.2 Å². The van der Waals surface area contributed by atoms with Crippen LogP contribution in [0.4, 0.5) is 9.93 Å². The van der Waals surface area contributed by atoms with Crippen molar-refractivity contribution < 1.29 is 91.0 Å². The van der Waals surface area contributed by atoms with Crippen molar-refractivity contribution in [2.45, 2.75) is 129 Å². The quantitative estimate of drug-likeness (QED) is 0.0151. The molecule has 8 N–H and O–H groups in total. The molecule has 2 aliphatic carbocycles. The number of nitrogens with zero attached hydrogens (tertiary/aromatic N) is 6. The lowest BCUT2D eigenvalue weighted by Crippen LogP contribution is -2.61. The highest BCUT2D eigenvalue weighted by Crippen LogP contribution is 2.60. The second kappa shape index (κ2) is 28.8. The van der Waals surface area contributed by atoms with E-state index in [1.54, 1.807) is 36.5 Å². The topological polar surface area (TPSA) is 386 Å². The van der Waals surface area contributed by atoms with E-state index < -0.39 is 113 Å². The Morgan fingerprint density at radius 3 is 2.37 bits per heavy atom. The van der Waals surface area contributed by atoms with Gasteiger partial charge in [0, 0.05) is 71.8 Å². The predicted octanol–water partition coefficient (Wildman–Crippen LogP) is 7.18. The Labute approximate surface area is 567 Å². The number of unbranched alkanes of at least 4 members (excludes halogenated alkanes) is 1. The van der Waals surface area contributed by atoms with Crippen LogP contribution in [0.15, 0.2) is 109 Å². The van der Waals surface area contributed by atoms with Gasteiger partial charge in [-0.1, -0.05) is 80.6 Å². The summed E-state index contributed by atoms with van der Waals surface area (Å²) in [4.78, 5) is 100. The zero-order chi connectivity index (χ0) is 70.0. The number of pyridine rings is 1. The first-order valence-electron chi connectivity index (χ1n) is 32.0. The normalized spacial score (nSPS) is 23.8. The van der Waals surface area contributed by atoms with Gasteiger partial charge in [-0.05, 0) is 134 Å². The average molecular weight is 1390 g/mol. The number of fused-ring (bicyclic) bond motifs is 4. The molecule has 0 spiro atoms. The molecule has 2 saturated carbocycles. The number of carbonyl (C=O) groups excluding carboxylic acids is 5. The molecular formula is C69H76N8O19S2. The molecule has 1 saturated heterocycles. The van der Waals surface area contributed by atoms with Gasteiger partial charge < -0.3 is 54.7 Å². The monoisotopic (exact) mass is 1380 g/mol. The third kappa shape index (κ3) is 16.1. The van der Waals surface area contributed by atoms with E-state index in [1.165, 1.54) is 23.5 Å². The molecule has 29 heteroatoms. The number of aliphatic carboxylic acids is 1. The number of carboxylic acid groups (broad SMARTS) is 2. The van der Waals surface area contributed by atoms with Crippen molar-refractivity contribution in [3.8, 4) is 28.1 Å². The van der Waals surface area contributed by atoms with Crippen molar-refractivity contribution in [2.24, 2.45) is 16.7 Å². The number of carbonyl (C=O) groups is 7. The van der Waals surface area contributed by atoms with E-state index in [-0.39, 0.29) is 53.9 Å². The molecule has 2 bridgehead atoms. The fourth-order valence-electron chi connectivity index (χ4n) is 14.7. The van der Waals surface area contributed by atoms with Gasteiger partial charge >= 0.3 is 18.0 Å². The minimum atomic E-state index is -4.61. The van der Waals surface area contributed by atoms with Gasteiger partial charge in [0.15, 0.2) is 16.9 Å². The molecule has 2 aliphatic heterocycles. The maximum absolute atomic E-state index is 14.2. The van der Waals surface area contributed by atoms with Crippen molar-refractivity contribution in [2.75, 3.05) is 43.9 Å². The fraction of sp³-hybridized carbons (Fsp3) is 0.420. The highest BCUT2D eigenvalue weighted by atomic mass is 32.2. The van der Waals surface area contributed by atoms with E-state index in [4.69, 9.17) is 29.0 Å². The van der Waals surface area contributed by atoms with E-state index in [0.717, 1.165) is 50.4 Å². The summed E-state index contributed by atoms with van der Waals surface area (Å²) in [5.74, 6) is -5.69. The third-order valence-electron chi connectivity index (χ3n) is 18.5. The minimum Gasteiger partial charge on any atom is -0.479 e. The summed E-state index contributed by atoms with van der Waals surface area (Å²) < 4.78 is 61.2. The fourth-order valence-corrected chi connectivity index (χ4v) is 16.0. The molecule has 4 aromatic carbocycles. The summed E-state index contributed by atoms with van der Waals surface area (Å²) in [6.45, 7) is 7.29. The van der Waals surface area contributed by atoms with Gasteiger partial charge in [0.1, 0.15) is 37.2 Å². The number of benzene rings is 4. The molecule has 9 atom stereocenters. The van der Waals surface area contributed by atoms with Crippen LogP contribution in [0.5, 0.6) is 5.75 Å². The van der Waals surface area contributed by atoms with Crippen LogP contribution in [0.25, 0.3) is 43.4 Å². The molecule has 0 radical (unpaired) electrons. The smallest absolute Gasteiger partial charge is 0.410 e. The number of ether oxygens (including phenoxy) is 4. The van der Waals surface area contributed by atoms with Crippen LogP contribution >= 0.6 is 11.3 Å². The first-order valence-corrected chi connectivity index (χ1v) is 34.5. The number of aromatic carboxylic acids is 1. The van der Waals surface area contributed by atoms with Gasteiger partial charge in [-0.25, -0.2) is 24.4 Å². The number of carboxylic acids is 2. The molecule has 98 heavy (non-hydrogen) atoms. The number of hydrogen-bond acceptors (Lipinski definition) is 20. The Hall–Kier alpha value is -9.07. The number of amides is 5. The lowest BCUT2D eigenvalue weighted by atomic mass is 9.51. The number of aliphatic hydroxyl groups is 3. The Bertz CT molecular complexity index is 4360. The second-order valence-electron chi connectivity index (χ2n) is 26.6. The molecule has 3 fully saturated rings. The first kappa shape index (κ1) is 70.3. The SMILES string of the molecule is Cc1c(-c2ccc(-c3ccc4cccc(C(=O)Nc5nc6ccccc6s5)c4c3)nc2C(=O)O)cnn1CC1(C)CC2(C)CC(C)CC(OCCN(CCS(=O)(=O)O)C(=O)OCc3ccc(CCCCNC(=O)CN4C(=O)C=CC4=O)cc3O[C@@H]3O[C@H](C(=O)O)[C@@H](O)[C@H](O)[C@H]3O)(C2)C1. The van der Waals surface area contributed by atoms with Crippen LogP contribution in [0.1, 0.15) is 103 Å². The van der Waals surface area contributed by atoms with Gasteiger partial charge in [-0.2, -0.15) is 13.5 Å². The van der Waals surface area contributed by atoms with Gasteiger partial charge in [0.2, 0.25) is 12.2 Å². The second-order valence-corrected chi connectivity index (χ2v) is 29.2. The molecular weight excluding hydrogens is 1310 g/mol. The number of aliphatic hydroxyl groups excluding tert-OH is 3. The molecule has 5 amide bonds. The van der Waals surface area contributed by atoms with E-state index in [2.05, 4.69) is 36.4 Å². The zero-order valence-corrected chi connectivity index (χ0v) is 55.8. The van der Waals surface area contributed by atoms with Crippen molar-refractivity contribution in [3.05, 3.63) is 137 Å². The van der Waals surface area contributed by atoms with Crippen molar-refractivity contribution in [1.29, 1.82) is 0 Å². The van der Waals surface area contributed by atoms with Crippen LogP contribution in [-0.2, 0) is 63.1 Å². The van der Waals surface area contributed by atoms with Crippen LogP contribution < -0.4 is 15.4 Å². The number of imide groups is 1. The Morgan fingerprint density at radius 2 is 1.62 bits per heavy atom. The van der Waals surface area contributed by atoms with Crippen molar-refractivity contribution in [1.82, 2.24) is 34.9 Å². The number of hydrogen-bond donors (Lipinski definition) is 8. The van der Waals surface area contributed by atoms with Gasteiger partial charge in [0.05, 0.1) is 40.1 Å². The number of nitrogens with one attached hydrogen (secondary N) is 2. The molecule has 5 heterocycles. The number of anilines is 1. The number of rotatable bonds is 26. The van der Waals surface area contributed by atoms with E-state index in [9.17, 15) is 72.1 Å². The number of aromatic nitrogens is 4. The molecule has 7 aromatic rings. The van der Waals surface area contributed by atoms with Gasteiger partial charge in [-0.3, -0.25) is 38.6 Å². The minimum absolute atomic E-state index is 0.0794. The maximum atomic E-state index is 14.2. The third-order valence-corrected chi connectivity index (χ3v) is 20.1. The Morgan fingerprint density at radius 1 is 0.847 bits per heavy atom. The summed E-state index contributed by atoms with van der Waals surface area (Å²) in [6, 6.07) is 26.7. The highest BCUT2D eigenvalue weighted by Gasteiger charge is 2.56. The van der Waals surface area contributed by atoms with Crippen molar-refractivity contribution in [3.63, 3.8) is 0 Å². The summed E-state index contributed by atoms with van der Waals surface area (Å²) in [5, 5.41) is 64.7. The number of para-hydroxylation sites is 1. The van der Waals surface area contributed by atoms with Gasteiger partial charge in [-0.15, -0.1) is 0 Å². The number of aryl methyl sites for hydroxylation is 1. The van der Waals surface area contributed by atoms with E-state index in [1.807, 2.05) is 60.1 Å². The molecule has 4 unspecified atom stereocenters. The Balaban J connectivity index is 0.764. The Kier molecular flexibility index (Phi) is 20.6. The lowest BCUT2D eigenvalue weighted by Gasteiger charge is -2.58. The predicted molar refractivity (Wildman–Crippen MR) is 356 cm³/mol. The van der Waals surface area contributed by atoms with Gasteiger partial charge in [0.25, 0.3) is 27.8 Å². The van der Waals surface area contributed by atoms with Crippen LogP contribution in [0.2, 0.25) is 0 Å². The number of thiazole rings is 1. The van der Waals surface area contributed by atoms with E-state index in [0.29, 0.717) is 94.8 Å². The summed E-state index contributed by atoms with van der Waals surface area (Å²) in [6.07, 6.45) is -2.24. The molecule has 518 valence electrons. The molecule has 3 aromatic heterocycles. The summed E-state index contributed by atoms with van der Waals surface area (Å²) in [7, 11) is -4.61. The van der Waals surface area contributed by atoms with Crippen LogP contribution in [-0.4, -0.2) is 185 Å². The average Bonchev–Trinajstić information content (AvgIpc) is 0.756. The highest BCUT2D eigenvalue weighted by molar-refractivity contribution is 7.85. The summed E-state index contributed by atoms with van der Waals surface area (Å²) >= 11 is 1.37. The molecule has 11 rings (SSSR count). The maximum Gasteiger partial charge on any atom is 0.410 e. The molecule has 27 nitrogen and oxygen atoms in total. The standard InChI is InChI=1S/C69H76N8O19S2/c1-39-30-67(3)35-68(4,38-77-40(2)48(32-71-77)45-19-20-49(72-56(45)62(85)86)43-18-17-42-11-9-12-46(47(42)29-43)61(84)74-65-73-50-13-5-6-14-52(50)97-65)37-69(31-39,36-67)94-26-24-75(25-27-98(90,91)92)66(89)93-34-44-16-15-41(10-7-8-23-70-53(78)33-76-54(79)21-22-55(76)80)28-51(44)95-64-59(83)57(81)58(82)60(96-64)63(87)88/h5-6,9,11-22,28-29,32,39,57-60,64,81-83H,7-8,10,23-27,30-31,33-38H2,1-4H3,(H,70,78)(H,85,86)(H,87,88)(H,73,74,84)(H,90,91,92)/t39?,57-,58-,59+,60-,64+,67?,68?,69?/m0/s1. The largest absolute Gasteiger partial charge is 0.479 e. The van der Waals surface area contributed by atoms with Crippen LogP contribution in [0.3, 0.4) is 0 Å². The first-order chi connectivity index (χ1) is 46.5. The van der Waals surface area contributed by atoms with E-state index >= 15 is 0 Å². The molecule has 4 aliphatic rings. The van der Waals surface area contributed by atoms with Crippen LogP contribution in [0, 0.1) is 23.7 Å². The zero-order valence-electron chi connectivity index (χ0n) is 54.2. The summed E-state index contributed by atoms with van der Waals surface area (Å²) in [5.41, 5.74) is 2.99. The lowest BCUT2D eigenvalue weighted by molar-refractivity contribution is -0.271.